The fraction of sp³-hybridized carbons (Fsp3) is 0.250. The molecule has 0 aliphatic carbocycles. The fourth-order valence-electron chi connectivity index (χ4n) is 2.14. The second-order valence-corrected chi connectivity index (χ2v) is 4.66. The molecule has 0 radical (unpaired) electrons. The van der Waals surface area contributed by atoms with Crippen LogP contribution in [0.2, 0.25) is 0 Å². The lowest BCUT2D eigenvalue weighted by Gasteiger charge is -2.17. The van der Waals surface area contributed by atoms with Crippen molar-refractivity contribution >= 4 is 0 Å². The minimum absolute atomic E-state index is 0.121. The van der Waals surface area contributed by atoms with Gasteiger partial charge in [-0.25, -0.2) is 8.78 Å². The van der Waals surface area contributed by atoms with Crippen molar-refractivity contribution in [3.8, 4) is 5.75 Å². The molecule has 20 heavy (non-hydrogen) atoms. The maximum absolute atomic E-state index is 13.3. The van der Waals surface area contributed by atoms with Crippen LogP contribution in [0, 0.1) is 11.6 Å². The van der Waals surface area contributed by atoms with E-state index in [9.17, 15) is 8.78 Å². The van der Waals surface area contributed by atoms with E-state index < -0.39 is 17.4 Å². The molecule has 2 nitrogen and oxygen atoms in total. The van der Waals surface area contributed by atoms with Crippen molar-refractivity contribution in [1.82, 2.24) is 5.32 Å². The Balaban J connectivity index is 2.07. The highest BCUT2D eigenvalue weighted by Gasteiger charge is 2.12. The maximum Gasteiger partial charge on any atom is 0.187 e. The standard InChI is InChI=1S/C16H17F2NO/c1-2-15(12-6-4-3-5-7-12)19-10-11-8-13(17)16(20)14(18)9-11/h3-9,15,19-20H,2,10H2,1H3. The van der Waals surface area contributed by atoms with Crippen LogP contribution in [-0.2, 0) is 6.54 Å². The van der Waals surface area contributed by atoms with Gasteiger partial charge in [0.2, 0.25) is 0 Å². The van der Waals surface area contributed by atoms with E-state index in [4.69, 9.17) is 5.11 Å². The first-order valence-corrected chi connectivity index (χ1v) is 6.57. The quantitative estimate of drug-likeness (QED) is 0.868. The number of nitrogens with one attached hydrogen (secondary N) is 1. The van der Waals surface area contributed by atoms with E-state index in [0.29, 0.717) is 12.1 Å². The Morgan fingerprint density at radius 2 is 1.70 bits per heavy atom. The molecular formula is C16H17F2NO. The smallest absolute Gasteiger partial charge is 0.187 e. The van der Waals surface area contributed by atoms with E-state index in [1.807, 2.05) is 37.3 Å². The number of phenols is 1. The summed E-state index contributed by atoms with van der Waals surface area (Å²) < 4.78 is 26.5. The molecule has 0 aromatic heterocycles. The van der Waals surface area contributed by atoms with Gasteiger partial charge in [0.1, 0.15) is 0 Å². The predicted molar refractivity (Wildman–Crippen MR) is 74.3 cm³/mol. The molecule has 0 saturated carbocycles. The molecule has 2 rings (SSSR count). The lowest BCUT2D eigenvalue weighted by molar-refractivity contribution is 0.394. The number of halogens is 2. The first-order valence-electron chi connectivity index (χ1n) is 6.57. The Labute approximate surface area is 117 Å². The van der Waals surface area contributed by atoms with Gasteiger partial charge in [-0.05, 0) is 29.7 Å². The van der Waals surface area contributed by atoms with Gasteiger partial charge in [0.25, 0.3) is 0 Å². The third kappa shape index (κ3) is 3.33. The third-order valence-corrected chi connectivity index (χ3v) is 3.24. The Hall–Kier alpha value is -1.94. The van der Waals surface area contributed by atoms with Crippen molar-refractivity contribution in [2.75, 3.05) is 0 Å². The topological polar surface area (TPSA) is 32.3 Å². The second-order valence-electron chi connectivity index (χ2n) is 4.66. The number of hydrogen-bond donors (Lipinski definition) is 2. The van der Waals surface area contributed by atoms with E-state index in [-0.39, 0.29) is 6.04 Å². The summed E-state index contributed by atoms with van der Waals surface area (Å²) in [5, 5.41) is 12.3. The van der Waals surface area contributed by atoms with Crippen molar-refractivity contribution in [3.63, 3.8) is 0 Å². The molecule has 0 spiro atoms. The Bertz CT molecular complexity index is 549. The first kappa shape index (κ1) is 14.5. The zero-order valence-electron chi connectivity index (χ0n) is 11.2. The normalized spacial score (nSPS) is 12.3. The summed E-state index contributed by atoms with van der Waals surface area (Å²) in [6, 6.07) is 12.3. The molecule has 0 fully saturated rings. The van der Waals surface area contributed by atoms with Gasteiger partial charge >= 0.3 is 0 Å². The van der Waals surface area contributed by atoms with Crippen molar-refractivity contribution < 1.29 is 13.9 Å². The van der Waals surface area contributed by atoms with Crippen molar-refractivity contribution in [3.05, 3.63) is 65.2 Å². The average Bonchev–Trinajstić information content (AvgIpc) is 2.46. The van der Waals surface area contributed by atoms with Gasteiger partial charge < -0.3 is 10.4 Å². The van der Waals surface area contributed by atoms with Crippen LogP contribution in [0.1, 0.15) is 30.5 Å². The molecule has 0 aliphatic heterocycles. The highest BCUT2D eigenvalue weighted by molar-refractivity contribution is 5.30. The summed E-state index contributed by atoms with van der Waals surface area (Å²) in [5.74, 6) is -2.80. The molecule has 2 aromatic rings. The molecule has 106 valence electrons. The average molecular weight is 277 g/mol. The van der Waals surface area contributed by atoms with Gasteiger partial charge in [-0.1, -0.05) is 37.3 Å². The number of aromatic hydroxyl groups is 1. The van der Waals surface area contributed by atoms with E-state index in [1.54, 1.807) is 0 Å². The van der Waals surface area contributed by atoms with Crippen molar-refractivity contribution in [1.29, 1.82) is 0 Å². The summed E-state index contributed by atoms with van der Waals surface area (Å²) >= 11 is 0. The van der Waals surface area contributed by atoms with Gasteiger partial charge in [-0.15, -0.1) is 0 Å². The van der Waals surface area contributed by atoms with Gasteiger partial charge in [-0.3, -0.25) is 0 Å². The number of hydrogen-bond acceptors (Lipinski definition) is 2. The molecule has 0 aliphatic rings. The summed E-state index contributed by atoms with van der Waals surface area (Å²) in [4.78, 5) is 0. The molecule has 0 amide bonds. The van der Waals surface area contributed by atoms with Crippen LogP contribution >= 0.6 is 0 Å². The highest BCUT2D eigenvalue weighted by atomic mass is 19.1. The van der Waals surface area contributed by atoms with E-state index >= 15 is 0 Å². The minimum atomic E-state index is -0.936. The predicted octanol–water partition coefficient (Wildman–Crippen LogP) is 3.91. The van der Waals surface area contributed by atoms with E-state index in [0.717, 1.165) is 24.1 Å². The fourth-order valence-corrected chi connectivity index (χ4v) is 2.14. The SMILES string of the molecule is CCC(NCc1cc(F)c(O)c(F)c1)c1ccccc1. The second kappa shape index (κ2) is 6.48. The van der Waals surface area contributed by atoms with E-state index in [2.05, 4.69) is 5.32 Å². The molecule has 1 unspecified atom stereocenters. The van der Waals surface area contributed by atoms with Gasteiger partial charge in [0, 0.05) is 12.6 Å². The lowest BCUT2D eigenvalue weighted by Crippen LogP contribution is -2.20. The monoisotopic (exact) mass is 277 g/mol. The van der Waals surface area contributed by atoms with Crippen LogP contribution < -0.4 is 5.32 Å². The van der Waals surface area contributed by atoms with Gasteiger partial charge in [-0.2, -0.15) is 0 Å². The Kier molecular flexibility index (Phi) is 4.69. The zero-order valence-corrected chi connectivity index (χ0v) is 11.2. The van der Waals surface area contributed by atoms with Gasteiger partial charge in [0.05, 0.1) is 0 Å². The third-order valence-electron chi connectivity index (χ3n) is 3.24. The summed E-state index contributed by atoms with van der Waals surface area (Å²) in [5.41, 5.74) is 1.60. The van der Waals surface area contributed by atoms with Crippen LogP contribution in [0.4, 0.5) is 8.78 Å². The molecule has 0 heterocycles. The highest BCUT2D eigenvalue weighted by Crippen LogP contribution is 2.22. The van der Waals surface area contributed by atoms with Crippen molar-refractivity contribution in [2.24, 2.45) is 0 Å². The van der Waals surface area contributed by atoms with Crippen LogP contribution in [0.25, 0.3) is 0 Å². The molecule has 0 saturated heterocycles. The lowest BCUT2D eigenvalue weighted by atomic mass is 10.0. The minimum Gasteiger partial charge on any atom is -0.503 e. The molecule has 4 heteroatoms. The Morgan fingerprint density at radius 1 is 1.10 bits per heavy atom. The summed E-state index contributed by atoms with van der Waals surface area (Å²) in [7, 11) is 0. The molecule has 2 N–H and O–H groups in total. The van der Waals surface area contributed by atoms with Crippen LogP contribution in [0.3, 0.4) is 0 Å². The zero-order chi connectivity index (χ0) is 14.5. The first-order chi connectivity index (χ1) is 9.61. The number of benzene rings is 2. The maximum atomic E-state index is 13.3. The molecule has 1 atom stereocenters. The van der Waals surface area contributed by atoms with E-state index in [1.165, 1.54) is 0 Å². The molecular weight excluding hydrogens is 260 g/mol. The van der Waals surface area contributed by atoms with Crippen molar-refractivity contribution in [2.45, 2.75) is 25.9 Å². The molecule has 0 bridgehead atoms. The van der Waals surface area contributed by atoms with Gasteiger partial charge in [0.15, 0.2) is 17.4 Å². The number of rotatable bonds is 5. The van der Waals surface area contributed by atoms with Crippen LogP contribution in [-0.4, -0.2) is 5.11 Å². The largest absolute Gasteiger partial charge is 0.503 e. The molecule has 2 aromatic carbocycles. The Morgan fingerprint density at radius 3 is 2.25 bits per heavy atom. The van der Waals surface area contributed by atoms with Crippen LogP contribution in [0.15, 0.2) is 42.5 Å². The number of phenolic OH excluding ortho intramolecular Hbond substituents is 1. The van der Waals surface area contributed by atoms with Crippen LogP contribution in [0.5, 0.6) is 5.75 Å². The summed E-state index contributed by atoms with van der Waals surface area (Å²) in [6.45, 7) is 2.38. The summed E-state index contributed by atoms with van der Waals surface area (Å²) in [6.07, 6.45) is 0.868.